The molecule has 1 atom stereocenters. The van der Waals surface area contributed by atoms with Gasteiger partial charge < -0.3 is 23.7 Å². The second kappa shape index (κ2) is 9.99. The molecule has 1 aliphatic heterocycles. The van der Waals surface area contributed by atoms with Crippen LogP contribution < -0.4 is 9.64 Å². The molecule has 1 aromatic heterocycles. The number of aryl methyl sites for hydroxylation is 1. The van der Waals surface area contributed by atoms with Crippen LogP contribution in [0.25, 0.3) is 10.9 Å². The average Bonchev–Trinajstić information content (AvgIpc) is 3.12. The van der Waals surface area contributed by atoms with E-state index in [-0.39, 0.29) is 30.3 Å². The Bertz CT molecular complexity index is 1220. The fraction of sp³-hybridized carbons (Fsp3) is 0.346. The summed E-state index contributed by atoms with van der Waals surface area (Å²) in [5.41, 5.74) is 2.97. The molecule has 8 heteroatoms. The van der Waals surface area contributed by atoms with Gasteiger partial charge in [-0.05, 0) is 31.5 Å². The maximum absolute atomic E-state index is 12.7. The Morgan fingerprint density at radius 1 is 1.09 bits per heavy atom. The van der Waals surface area contributed by atoms with Crippen LogP contribution in [-0.2, 0) is 27.9 Å². The Balaban J connectivity index is 1.84. The van der Waals surface area contributed by atoms with E-state index in [4.69, 9.17) is 14.2 Å². The normalized spacial score (nSPS) is 14.9. The van der Waals surface area contributed by atoms with Crippen molar-refractivity contribution in [1.29, 1.82) is 0 Å². The van der Waals surface area contributed by atoms with Gasteiger partial charge in [0.15, 0.2) is 12.0 Å². The average molecular weight is 465 g/mol. The zero-order valence-corrected chi connectivity index (χ0v) is 19.6. The third kappa shape index (κ3) is 4.35. The van der Waals surface area contributed by atoms with E-state index in [9.17, 15) is 14.4 Å². The summed E-state index contributed by atoms with van der Waals surface area (Å²) in [6.45, 7) is 5.07. The van der Waals surface area contributed by atoms with Crippen LogP contribution in [0.15, 0.2) is 42.5 Å². The van der Waals surface area contributed by atoms with Gasteiger partial charge in [0.1, 0.15) is 11.8 Å². The first kappa shape index (κ1) is 23.4. The molecule has 2 heterocycles. The number of carbonyl (C=O) groups excluding carboxylic acids is 3. The van der Waals surface area contributed by atoms with Gasteiger partial charge in [0, 0.05) is 19.0 Å². The molecular formula is C26H28N2O6. The van der Waals surface area contributed by atoms with E-state index in [2.05, 4.69) is 4.90 Å². The molecule has 34 heavy (non-hydrogen) atoms. The summed E-state index contributed by atoms with van der Waals surface area (Å²) >= 11 is 0. The van der Waals surface area contributed by atoms with Gasteiger partial charge in [-0.25, -0.2) is 4.79 Å². The zero-order chi connectivity index (χ0) is 24.2. The van der Waals surface area contributed by atoms with Crippen molar-refractivity contribution in [3.05, 3.63) is 59.3 Å². The number of aldehydes is 1. The number of esters is 2. The molecule has 0 bridgehead atoms. The number of aromatic nitrogens is 1. The van der Waals surface area contributed by atoms with Crippen molar-refractivity contribution in [3.63, 3.8) is 0 Å². The van der Waals surface area contributed by atoms with E-state index in [0.29, 0.717) is 42.6 Å². The van der Waals surface area contributed by atoms with Crippen molar-refractivity contribution in [3.8, 4) is 5.75 Å². The van der Waals surface area contributed by atoms with Crippen LogP contribution in [0.1, 0.15) is 46.7 Å². The Morgan fingerprint density at radius 3 is 2.50 bits per heavy atom. The van der Waals surface area contributed by atoms with Gasteiger partial charge >= 0.3 is 11.9 Å². The number of hydrogen-bond acceptors (Lipinski definition) is 7. The van der Waals surface area contributed by atoms with Crippen molar-refractivity contribution in [1.82, 2.24) is 4.57 Å². The van der Waals surface area contributed by atoms with E-state index < -0.39 is 12.1 Å². The summed E-state index contributed by atoms with van der Waals surface area (Å²) in [5, 5.41) is 0.593. The van der Waals surface area contributed by atoms with Crippen LogP contribution in [0.3, 0.4) is 0 Å². The third-order valence-corrected chi connectivity index (χ3v) is 5.88. The van der Waals surface area contributed by atoms with E-state index >= 15 is 0 Å². The number of nitrogens with zero attached hydrogens (tertiary/aromatic N) is 2. The molecule has 0 amide bonds. The summed E-state index contributed by atoms with van der Waals surface area (Å²) < 4.78 is 18.3. The SMILES string of the molecule is CCOC(=O)C[C@@H]1CN(Cc2ccccc2)c2ccc3c(C=O)c(C(=O)OCC)n(C)c3c2O1. The summed E-state index contributed by atoms with van der Waals surface area (Å²) in [7, 11) is 1.71. The Labute approximate surface area is 198 Å². The minimum atomic E-state index is -0.572. The number of hydrogen-bond donors (Lipinski definition) is 0. The zero-order valence-electron chi connectivity index (χ0n) is 19.6. The Morgan fingerprint density at radius 2 is 1.82 bits per heavy atom. The van der Waals surface area contributed by atoms with Crippen molar-refractivity contribution >= 4 is 34.8 Å². The molecule has 3 aromatic rings. The molecule has 1 aliphatic rings. The third-order valence-electron chi connectivity index (χ3n) is 5.88. The summed E-state index contributed by atoms with van der Waals surface area (Å²) in [6.07, 6.45) is 0.299. The van der Waals surface area contributed by atoms with Gasteiger partial charge in [-0.2, -0.15) is 0 Å². The molecule has 8 nitrogen and oxygen atoms in total. The van der Waals surface area contributed by atoms with Gasteiger partial charge in [0.05, 0.1) is 42.9 Å². The lowest BCUT2D eigenvalue weighted by atomic mass is 10.1. The second-order valence-corrected chi connectivity index (χ2v) is 8.08. The van der Waals surface area contributed by atoms with Gasteiger partial charge in [-0.1, -0.05) is 30.3 Å². The van der Waals surface area contributed by atoms with E-state index in [1.807, 2.05) is 42.5 Å². The van der Waals surface area contributed by atoms with Crippen LogP contribution >= 0.6 is 0 Å². The van der Waals surface area contributed by atoms with Crippen LogP contribution in [0.2, 0.25) is 0 Å². The number of carbonyl (C=O) groups is 3. The van der Waals surface area contributed by atoms with Gasteiger partial charge in [-0.15, -0.1) is 0 Å². The van der Waals surface area contributed by atoms with E-state index in [1.165, 1.54) is 0 Å². The lowest BCUT2D eigenvalue weighted by molar-refractivity contribution is -0.144. The van der Waals surface area contributed by atoms with Crippen molar-refractivity contribution < 1.29 is 28.6 Å². The molecular weight excluding hydrogens is 436 g/mol. The molecule has 0 radical (unpaired) electrons. The second-order valence-electron chi connectivity index (χ2n) is 8.08. The highest BCUT2D eigenvalue weighted by Gasteiger charge is 2.33. The first-order valence-electron chi connectivity index (χ1n) is 11.4. The molecule has 0 unspecified atom stereocenters. The molecule has 0 fully saturated rings. The molecule has 0 saturated carbocycles. The van der Waals surface area contributed by atoms with E-state index in [0.717, 1.165) is 11.3 Å². The molecule has 0 aliphatic carbocycles. The maximum Gasteiger partial charge on any atom is 0.355 e. The summed E-state index contributed by atoms with van der Waals surface area (Å²) in [4.78, 5) is 39.0. The van der Waals surface area contributed by atoms with Crippen LogP contribution in [0.4, 0.5) is 5.69 Å². The number of benzene rings is 2. The number of anilines is 1. The first-order chi connectivity index (χ1) is 16.5. The maximum atomic E-state index is 12.7. The van der Waals surface area contributed by atoms with E-state index in [1.54, 1.807) is 25.5 Å². The monoisotopic (exact) mass is 464 g/mol. The fourth-order valence-electron chi connectivity index (χ4n) is 4.48. The van der Waals surface area contributed by atoms with Crippen LogP contribution in [0, 0.1) is 0 Å². The molecule has 4 rings (SSSR count). The van der Waals surface area contributed by atoms with Crippen molar-refractivity contribution in [2.24, 2.45) is 7.05 Å². The predicted octanol–water partition coefficient (Wildman–Crippen LogP) is 3.89. The standard InChI is InChI=1S/C26H28N2O6/c1-4-32-22(30)13-18-15-28(14-17-9-7-6-8-10-17)21-12-11-19-20(16-29)24(26(31)33-5-2)27(3)23(19)25(21)34-18/h6-12,16,18H,4-5,13-15H2,1-3H3/t18-/m1/s1. The molecule has 2 aromatic carbocycles. The Kier molecular flexibility index (Phi) is 6.86. The van der Waals surface area contributed by atoms with Gasteiger partial charge in [0.2, 0.25) is 0 Å². The highest BCUT2D eigenvalue weighted by molar-refractivity contribution is 6.11. The van der Waals surface area contributed by atoms with Crippen LogP contribution in [-0.4, -0.2) is 48.7 Å². The van der Waals surface area contributed by atoms with Crippen LogP contribution in [0.5, 0.6) is 5.75 Å². The lowest BCUT2D eigenvalue weighted by Crippen LogP contribution is -2.41. The fourth-order valence-corrected chi connectivity index (χ4v) is 4.48. The highest BCUT2D eigenvalue weighted by atomic mass is 16.5. The highest BCUT2D eigenvalue weighted by Crippen LogP contribution is 2.43. The predicted molar refractivity (Wildman–Crippen MR) is 127 cm³/mol. The number of fused-ring (bicyclic) bond motifs is 3. The van der Waals surface area contributed by atoms with Crippen molar-refractivity contribution in [2.75, 3.05) is 24.7 Å². The smallest absolute Gasteiger partial charge is 0.355 e. The topological polar surface area (TPSA) is 87.1 Å². The summed E-state index contributed by atoms with van der Waals surface area (Å²) in [5.74, 6) is -0.386. The number of ether oxygens (including phenoxy) is 3. The minimum absolute atomic E-state index is 0.0879. The Hall–Kier alpha value is -3.81. The van der Waals surface area contributed by atoms with Crippen molar-refractivity contribution in [2.45, 2.75) is 32.9 Å². The minimum Gasteiger partial charge on any atom is -0.484 e. The molecule has 178 valence electrons. The molecule has 0 saturated heterocycles. The molecule has 0 spiro atoms. The quantitative estimate of drug-likeness (QED) is 0.369. The molecule has 0 N–H and O–H groups in total. The van der Waals surface area contributed by atoms with Gasteiger partial charge in [-0.3, -0.25) is 9.59 Å². The summed E-state index contributed by atoms with van der Waals surface area (Å²) in [6, 6.07) is 13.7. The number of rotatable bonds is 8. The lowest BCUT2D eigenvalue weighted by Gasteiger charge is -2.36. The first-order valence-corrected chi connectivity index (χ1v) is 11.4. The largest absolute Gasteiger partial charge is 0.484 e. The van der Waals surface area contributed by atoms with Gasteiger partial charge in [0.25, 0.3) is 0 Å².